The van der Waals surface area contributed by atoms with Gasteiger partial charge in [-0.2, -0.15) is 0 Å². The minimum atomic E-state index is -0.757. The van der Waals surface area contributed by atoms with E-state index in [9.17, 15) is 9.90 Å². The summed E-state index contributed by atoms with van der Waals surface area (Å²) in [4.78, 5) is 13.7. The molecule has 0 amide bonds. The number of aliphatic carboxylic acids is 1. The number of rotatable bonds is 4. The predicted molar refractivity (Wildman–Crippen MR) is 91.8 cm³/mol. The van der Waals surface area contributed by atoms with E-state index in [4.69, 9.17) is 11.6 Å². The Bertz CT molecular complexity index is 716. The van der Waals surface area contributed by atoms with Crippen LogP contribution in [0.1, 0.15) is 35.6 Å². The summed E-state index contributed by atoms with van der Waals surface area (Å²) < 4.78 is 0. The molecule has 1 aliphatic rings. The molecule has 3 nitrogen and oxygen atoms in total. The van der Waals surface area contributed by atoms with Gasteiger partial charge in [-0.05, 0) is 37.0 Å². The lowest BCUT2D eigenvalue weighted by Crippen LogP contribution is -2.39. The molecule has 1 aliphatic heterocycles. The van der Waals surface area contributed by atoms with Crippen LogP contribution in [0.25, 0.3) is 0 Å². The van der Waals surface area contributed by atoms with Gasteiger partial charge in [-0.15, -0.1) is 0 Å². The zero-order valence-electron chi connectivity index (χ0n) is 13.1. The van der Waals surface area contributed by atoms with Gasteiger partial charge < -0.3 is 5.11 Å². The summed E-state index contributed by atoms with van der Waals surface area (Å²) in [5.74, 6) is -0.757. The molecule has 2 aromatic rings. The first-order valence-corrected chi connectivity index (χ1v) is 8.25. The summed E-state index contributed by atoms with van der Waals surface area (Å²) in [6, 6.07) is 15.4. The van der Waals surface area contributed by atoms with Crippen molar-refractivity contribution >= 4 is 17.6 Å². The second kappa shape index (κ2) is 6.73. The Labute approximate surface area is 141 Å². The lowest BCUT2D eigenvalue weighted by Gasteiger charge is -2.32. The summed E-state index contributed by atoms with van der Waals surface area (Å²) in [7, 11) is 0. The maximum Gasteiger partial charge on any atom is 0.320 e. The lowest BCUT2D eigenvalue weighted by molar-refractivity contribution is -0.142. The minimum Gasteiger partial charge on any atom is -0.480 e. The number of benzene rings is 2. The maximum absolute atomic E-state index is 11.7. The quantitative estimate of drug-likeness (QED) is 0.909. The molecule has 3 rings (SSSR count). The van der Waals surface area contributed by atoms with Gasteiger partial charge in [0.2, 0.25) is 0 Å². The molecule has 0 aliphatic carbocycles. The van der Waals surface area contributed by atoms with Crippen LogP contribution in [0, 0.1) is 6.92 Å². The minimum absolute atomic E-state index is 0.132. The lowest BCUT2D eigenvalue weighted by atomic mass is 9.95. The Hall–Kier alpha value is -1.84. The third-order valence-electron chi connectivity index (χ3n) is 4.47. The Morgan fingerprint density at radius 2 is 2.04 bits per heavy atom. The van der Waals surface area contributed by atoms with E-state index in [0.717, 1.165) is 29.7 Å². The van der Waals surface area contributed by atoms with Crippen LogP contribution in [0.15, 0.2) is 48.5 Å². The van der Waals surface area contributed by atoms with Gasteiger partial charge in [0.15, 0.2) is 0 Å². The molecular formula is C19H20ClNO2. The van der Waals surface area contributed by atoms with E-state index >= 15 is 0 Å². The largest absolute Gasteiger partial charge is 0.480 e. The Morgan fingerprint density at radius 3 is 2.74 bits per heavy atom. The van der Waals surface area contributed by atoms with Crippen molar-refractivity contribution in [2.24, 2.45) is 0 Å². The molecule has 4 heteroatoms. The standard InChI is InChI=1S/C19H20ClNO2/c1-13-6-4-7-14(12-13)18(15-8-2-3-9-16(15)20)21-11-5-10-17(21)19(22)23/h2-4,6-9,12,17-18H,5,10-11H2,1H3,(H,22,23). The van der Waals surface area contributed by atoms with E-state index in [1.54, 1.807) is 0 Å². The summed E-state index contributed by atoms with van der Waals surface area (Å²) in [5.41, 5.74) is 3.21. The van der Waals surface area contributed by atoms with Crippen LogP contribution in [0.4, 0.5) is 0 Å². The first-order valence-electron chi connectivity index (χ1n) is 7.87. The second-order valence-corrected chi connectivity index (χ2v) is 6.48. The number of carboxylic acid groups (broad SMARTS) is 1. The molecule has 1 heterocycles. The molecule has 0 bridgehead atoms. The van der Waals surface area contributed by atoms with Crippen LogP contribution in [0.2, 0.25) is 5.02 Å². The van der Waals surface area contributed by atoms with Gasteiger partial charge in [0.25, 0.3) is 0 Å². The van der Waals surface area contributed by atoms with Crippen LogP contribution < -0.4 is 0 Å². The normalized spacial score (nSPS) is 19.7. The van der Waals surface area contributed by atoms with Crippen molar-refractivity contribution < 1.29 is 9.90 Å². The van der Waals surface area contributed by atoms with E-state index in [1.807, 2.05) is 43.3 Å². The Kier molecular flexibility index (Phi) is 4.69. The average molecular weight is 330 g/mol. The molecule has 0 aromatic heterocycles. The first-order chi connectivity index (χ1) is 11.1. The monoisotopic (exact) mass is 329 g/mol. The summed E-state index contributed by atoms with van der Waals surface area (Å²) in [6.07, 6.45) is 1.58. The van der Waals surface area contributed by atoms with Crippen molar-refractivity contribution in [2.45, 2.75) is 31.8 Å². The molecule has 1 saturated heterocycles. The highest BCUT2D eigenvalue weighted by Gasteiger charge is 2.37. The molecule has 0 saturated carbocycles. The fourth-order valence-corrected chi connectivity index (χ4v) is 3.69. The van der Waals surface area contributed by atoms with Crippen molar-refractivity contribution in [2.75, 3.05) is 6.54 Å². The van der Waals surface area contributed by atoms with Crippen LogP contribution in [0.5, 0.6) is 0 Å². The average Bonchev–Trinajstić information content (AvgIpc) is 2.99. The van der Waals surface area contributed by atoms with Crippen molar-refractivity contribution in [3.63, 3.8) is 0 Å². The van der Waals surface area contributed by atoms with Gasteiger partial charge in [0.1, 0.15) is 6.04 Å². The van der Waals surface area contributed by atoms with Crippen molar-refractivity contribution in [1.29, 1.82) is 0 Å². The first kappa shape index (κ1) is 16.0. The van der Waals surface area contributed by atoms with Crippen LogP contribution in [-0.2, 0) is 4.79 Å². The van der Waals surface area contributed by atoms with Gasteiger partial charge in [-0.25, -0.2) is 0 Å². The SMILES string of the molecule is Cc1cccc(C(c2ccccc2Cl)N2CCCC2C(=O)O)c1. The molecule has 120 valence electrons. The number of nitrogens with zero attached hydrogens (tertiary/aromatic N) is 1. The van der Waals surface area contributed by atoms with Crippen LogP contribution in [-0.4, -0.2) is 28.6 Å². The highest BCUT2D eigenvalue weighted by molar-refractivity contribution is 6.31. The van der Waals surface area contributed by atoms with Crippen molar-refractivity contribution in [3.8, 4) is 0 Å². The number of carbonyl (C=O) groups is 1. The smallest absolute Gasteiger partial charge is 0.320 e. The van der Waals surface area contributed by atoms with Gasteiger partial charge in [0, 0.05) is 11.6 Å². The summed E-state index contributed by atoms with van der Waals surface area (Å²) in [5, 5.41) is 10.3. The fraction of sp³-hybridized carbons (Fsp3) is 0.316. The van der Waals surface area contributed by atoms with Crippen molar-refractivity contribution in [1.82, 2.24) is 4.90 Å². The number of likely N-dealkylation sites (tertiary alicyclic amines) is 1. The zero-order valence-corrected chi connectivity index (χ0v) is 13.8. The van der Waals surface area contributed by atoms with Crippen LogP contribution >= 0.6 is 11.6 Å². The summed E-state index contributed by atoms with van der Waals surface area (Å²) >= 11 is 6.44. The van der Waals surface area contributed by atoms with E-state index in [0.29, 0.717) is 11.4 Å². The van der Waals surface area contributed by atoms with Gasteiger partial charge in [-0.3, -0.25) is 9.69 Å². The van der Waals surface area contributed by atoms with E-state index < -0.39 is 12.0 Å². The van der Waals surface area contributed by atoms with E-state index in [2.05, 4.69) is 17.0 Å². The van der Waals surface area contributed by atoms with Crippen LogP contribution in [0.3, 0.4) is 0 Å². The summed E-state index contributed by atoms with van der Waals surface area (Å²) in [6.45, 7) is 2.81. The van der Waals surface area contributed by atoms with E-state index in [1.165, 1.54) is 0 Å². The Balaban J connectivity index is 2.11. The molecule has 1 N–H and O–H groups in total. The number of halogens is 1. The topological polar surface area (TPSA) is 40.5 Å². The molecule has 2 aromatic carbocycles. The number of carboxylic acids is 1. The number of hydrogen-bond donors (Lipinski definition) is 1. The third kappa shape index (κ3) is 3.26. The highest BCUT2D eigenvalue weighted by atomic mass is 35.5. The predicted octanol–water partition coefficient (Wildman–Crippen LogP) is 4.29. The number of hydrogen-bond acceptors (Lipinski definition) is 2. The zero-order chi connectivity index (χ0) is 16.4. The second-order valence-electron chi connectivity index (χ2n) is 6.07. The Morgan fingerprint density at radius 1 is 1.26 bits per heavy atom. The fourth-order valence-electron chi connectivity index (χ4n) is 3.45. The molecule has 0 radical (unpaired) electrons. The molecule has 23 heavy (non-hydrogen) atoms. The van der Waals surface area contributed by atoms with Gasteiger partial charge >= 0.3 is 5.97 Å². The number of aryl methyl sites for hydroxylation is 1. The molecule has 2 unspecified atom stereocenters. The maximum atomic E-state index is 11.7. The van der Waals surface area contributed by atoms with Gasteiger partial charge in [0.05, 0.1) is 6.04 Å². The van der Waals surface area contributed by atoms with Crippen molar-refractivity contribution in [3.05, 3.63) is 70.2 Å². The molecule has 1 fully saturated rings. The molecular weight excluding hydrogens is 310 g/mol. The molecule has 0 spiro atoms. The van der Waals surface area contributed by atoms with Gasteiger partial charge in [-0.1, -0.05) is 59.6 Å². The third-order valence-corrected chi connectivity index (χ3v) is 4.81. The highest BCUT2D eigenvalue weighted by Crippen LogP contribution is 2.38. The van der Waals surface area contributed by atoms with E-state index in [-0.39, 0.29) is 6.04 Å². The molecule has 2 atom stereocenters.